The van der Waals surface area contributed by atoms with Crippen LogP contribution in [-0.4, -0.2) is 5.60 Å². The third kappa shape index (κ3) is 1.36. The van der Waals surface area contributed by atoms with E-state index < -0.39 is 0 Å². The zero-order valence-corrected chi connectivity index (χ0v) is 9.12. The van der Waals surface area contributed by atoms with Gasteiger partial charge in [0.15, 0.2) is 0 Å². The molecule has 1 aromatic rings. The molecule has 1 heterocycles. The summed E-state index contributed by atoms with van der Waals surface area (Å²) in [7, 11) is 0. The van der Waals surface area contributed by atoms with E-state index in [4.69, 9.17) is 10.5 Å². The second-order valence-corrected chi connectivity index (χ2v) is 4.99. The van der Waals surface area contributed by atoms with Gasteiger partial charge in [0.2, 0.25) is 0 Å². The van der Waals surface area contributed by atoms with E-state index in [0.717, 1.165) is 12.2 Å². The smallest absolute Gasteiger partial charge is 0.124 e. The minimum absolute atomic E-state index is 0.0850. The molecule has 2 nitrogen and oxygen atoms in total. The van der Waals surface area contributed by atoms with E-state index in [1.165, 1.54) is 30.4 Å². The minimum Gasteiger partial charge on any atom is -0.487 e. The zero-order chi connectivity index (χ0) is 10.5. The molecule has 1 fully saturated rings. The third-order valence-electron chi connectivity index (χ3n) is 3.75. The fourth-order valence-corrected chi connectivity index (χ4v) is 2.71. The molecule has 80 valence electrons. The highest BCUT2D eigenvalue weighted by atomic mass is 16.5. The lowest BCUT2D eigenvalue weighted by molar-refractivity contribution is -0.0329. The van der Waals surface area contributed by atoms with E-state index in [0.29, 0.717) is 0 Å². The number of aryl methyl sites for hydroxylation is 1. The van der Waals surface area contributed by atoms with Crippen LogP contribution in [0.2, 0.25) is 0 Å². The molecule has 1 aromatic carbocycles. The quantitative estimate of drug-likeness (QED) is 0.703. The van der Waals surface area contributed by atoms with Gasteiger partial charge in [-0.3, -0.25) is 0 Å². The summed E-state index contributed by atoms with van der Waals surface area (Å²) in [6, 6.07) is 6.49. The topological polar surface area (TPSA) is 35.2 Å². The average molecular weight is 203 g/mol. The van der Waals surface area contributed by atoms with Crippen molar-refractivity contribution in [3.63, 3.8) is 0 Å². The highest BCUT2D eigenvalue weighted by molar-refractivity contribution is 5.41. The van der Waals surface area contributed by atoms with Crippen LogP contribution in [-0.2, 0) is 0 Å². The predicted molar refractivity (Wildman–Crippen MR) is 59.9 cm³/mol. The van der Waals surface area contributed by atoms with E-state index in [1.54, 1.807) is 0 Å². The molecule has 2 heteroatoms. The molecule has 0 saturated heterocycles. The summed E-state index contributed by atoms with van der Waals surface area (Å²) in [5.41, 5.74) is 8.75. The molecule has 1 spiro atoms. The largest absolute Gasteiger partial charge is 0.487 e. The van der Waals surface area contributed by atoms with Crippen LogP contribution in [0.25, 0.3) is 0 Å². The van der Waals surface area contributed by atoms with Crippen molar-refractivity contribution in [2.75, 3.05) is 0 Å². The van der Waals surface area contributed by atoms with Crippen LogP contribution in [0.3, 0.4) is 0 Å². The van der Waals surface area contributed by atoms with Gasteiger partial charge in [0.25, 0.3) is 0 Å². The van der Waals surface area contributed by atoms with Crippen LogP contribution in [0.4, 0.5) is 0 Å². The number of hydrogen-bond acceptors (Lipinski definition) is 2. The van der Waals surface area contributed by atoms with E-state index in [1.807, 2.05) is 0 Å². The van der Waals surface area contributed by atoms with Crippen LogP contribution in [0.1, 0.15) is 42.9 Å². The maximum absolute atomic E-state index is 6.22. The highest BCUT2D eigenvalue weighted by Gasteiger charge is 2.44. The Morgan fingerprint density at radius 3 is 2.87 bits per heavy atom. The fraction of sp³-hybridized carbons (Fsp3) is 0.538. The minimum atomic E-state index is 0.0850. The van der Waals surface area contributed by atoms with Gasteiger partial charge >= 0.3 is 0 Å². The van der Waals surface area contributed by atoms with Crippen molar-refractivity contribution >= 4 is 0 Å². The van der Waals surface area contributed by atoms with Gasteiger partial charge in [-0.15, -0.1) is 0 Å². The van der Waals surface area contributed by atoms with Gasteiger partial charge in [0.1, 0.15) is 11.4 Å². The fourth-order valence-electron chi connectivity index (χ4n) is 2.71. The second-order valence-electron chi connectivity index (χ2n) is 4.99. The predicted octanol–water partition coefficient (Wildman–Crippen LogP) is 2.70. The molecule has 2 aliphatic rings. The SMILES string of the molecule is Cc1ccc2c(c1)[C@H](N)CC1(CCC1)O2. The monoisotopic (exact) mass is 203 g/mol. The van der Waals surface area contributed by atoms with Crippen molar-refractivity contribution in [1.82, 2.24) is 0 Å². The molecule has 1 saturated carbocycles. The third-order valence-corrected chi connectivity index (χ3v) is 3.75. The molecule has 0 amide bonds. The molecule has 15 heavy (non-hydrogen) atoms. The Labute approximate surface area is 90.4 Å². The Morgan fingerprint density at radius 1 is 1.40 bits per heavy atom. The summed E-state index contributed by atoms with van der Waals surface area (Å²) in [5.74, 6) is 1.01. The molecule has 1 aliphatic carbocycles. The van der Waals surface area contributed by atoms with Crippen molar-refractivity contribution in [3.8, 4) is 5.75 Å². The molecule has 0 radical (unpaired) electrons. The standard InChI is InChI=1S/C13H17NO/c1-9-3-4-12-10(7-9)11(14)8-13(15-12)5-2-6-13/h3-4,7,11H,2,5-6,8,14H2,1H3/t11-/m1/s1. The number of hydrogen-bond donors (Lipinski definition) is 1. The first-order valence-corrected chi connectivity index (χ1v) is 5.74. The van der Waals surface area contributed by atoms with Crippen LogP contribution in [0.15, 0.2) is 18.2 Å². The molecular weight excluding hydrogens is 186 g/mol. The number of benzene rings is 1. The molecule has 0 bridgehead atoms. The maximum Gasteiger partial charge on any atom is 0.124 e. The van der Waals surface area contributed by atoms with Crippen molar-refractivity contribution in [2.45, 2.75) is 44.2 Å². The summed E-state index contributed by atoms with van der Waals surface area (Å²) >= 11 is 0. The molecule has 0 unspecified atom stereocenters. The molecule has 2 N–H and O–H groups in total. The first kappa shape index (κ1) is 9.22. The van der Waals surface area contributed by atoms with E-state index in [2.05, 4.69) is 25.1 Å². The number of fused-ring (bicyclic) bond motifs is 1. The van der Waals surface area contributed by atoms with E-state index in [-0.39, 0.29) is 11.6 Å². The number of rotatable bonds is 0. The van der Waals surface area contributed by atoms with Crippen LogP contribution < -0.4 is 10.5 Å². The summed E-state index contributed by atoms with van der Waals surface area (Å²) in [6.45, 7) is 2.10. The molecule has 0 aromatic heterocycles. The molecule has 1 atom stereocenters. The van der Waals surface area contributed by atoms with Gasteiger partial charge in [-0.05, 0) is 32.3 Å². The molecule has 1 aliphatic heterocycles. The Balaban J connectivity index is 2.01. The Kier molecular flexibility index (Phi) is 1.84. The Morgan fingerprint density at radius 2 is 2.20 bits per heavy atom. The lowest BCUT2D eigenvalue weighted by Gasteiger charge is -2.47. The summed E-state index contributed by atoms with van der Waals surface area (Å²) in [5, 5.41) is 0. The van der Waals surface area contributed by atoms with Crippen LogP contribution in [0, 0.1) is 6.92 Å². The Hall–Kier alpha value is -1.02. The lowest BCUT2D eigenvalue weighted by atomic mass is 9.73. The van der Waals surface area contributed by atoms with Gasteiger partial charge < -0.3 is 10.5 Å². The van der Waals surface area contributed by atoms with Gasteiger partial charge in [0.05, 0.1) is 0 Å². The lowest BCUT2D eigenvalue weighted by Crippen LogP contribution is -2.48. The Bertz CT molecular complexity index is 396. The van der Waals surface area contributed by atoms with Crippen molar-refractivity contribution in [2.24, 2.45) is 5.73 Å². The summed E-state index contributed by atoms with van der Waals surface area (Å²) < 4.78 is 6.10. The maximum atomic E-state index is 6.22. The first-order chi connectivity index (χ1) is 7.19. The van der Waals surface area contributed by atoms with Gasteiger partial charge in [0, 0.05) is 18.0 Å². The van der Waals surface area contributed by atoms with Crippen molar-refractivity contribution in [1.29, 1.82) is 0 Å². The van der Waals surface area contributed by atoms with Crippen molar-refractivity contribution in [3.05, 3.63) is 29.3 Å². The average Bonchev–Trinajstić information content (AvgIpc) is 2.16. The van der Waals surface area contributed by atoms with Crippen LogP contribution >= 0.6 is 0 Å². The van der Waals surface area contributed by atoms with E-state index >= 15 is 0 Å². The van der Waals surface area contributed by atoms with Crippen molar-refractivity contribution < 1.29 is 4.74 Å². The zero-order valence-electron chi connectivity index (χ0n) is 9.12. The number of ether oxygens (including phenoxy) is 1. The second kappa shape index (κ2) is 2.99. The molecule has 3 rings (SSSR count). The highest BCUT2D eigenvalue weighted by Crippen LogP contribution is 2.48. The van der Waals surface area contributed by atoms with E-state index in [9.17, 15) is 0 Å². The van der Waals surface area contributed by atoms with Gasteiger partial charge in [-0.2, -0.15) is 0 Å². The normalized spacial score (nSPS) is 26.7. The van der Waals surface area contributed by atoms with Crippen LogP contribution in [0.5, 0.6) is 5.75 Å². The first-order valence-electron chi connectivity index (χ1n) is 5.74. The van der Waals surface area contributed by atoms with Gasteiger partial charge in [-0.1, -0.05) is 17.7 Å². The molecular formula is C13H17NO. The summed E-state index contributed by atoms with van der Waals surface area (Å²) in [4.78, 5) is 0. The van der Waals surface area contributed by atoms with Gasteiger partial charge in [-0.25, -0.2) is 0 Å². The number of nitrogens with two attached hydrogens (primary N) is 1. The summed E-state index contributed by atoms with van der Waals surface area (Å²) in [6.07, 6.45) is 4.62.